The summed E-state index contributed by atoms with van der Waals surface area (Å²) < 4.78 is 7.86. The number of nitrogens with zero attached hydrogens (tertiary/aromatic N) is 4. The molecule has 0 radical (unpaired) electrons. The third-order valence-corrected chi connectivity index (χ3v) is 5.37. The van der Waals surface area contributed by atoms with E-state index in [2.05, 4.69) is 38.8 Å². The predicted octanol–water partition coefficient (Wildman–Crippen LogP) is 4.64. The molecule has 4 rings (SSSR count). The molecule has 0 N–H and O–H groups in total. The third-order valence-electron chi connectivity index (χ3n) is 4.73. The van der Waals surface area contributed by atoms with Gasteiger partial charge >= 0.3 is 0 Å². The molecule has 0 unspecified atom stereocenters. The number of aromatic nitrogens is 1. The van der Waals surface area contributed by atoms with Crippen molar-refractivity contribution in [2.45, 2.75) is 0 Å². The van der Waals surface area contributed by atoms with Crippen LogP contribution in [0.3, 0.4) is 0 Å². The minimum atomic E-state index is -0.425. The quantitative estimate of drug-likeness (QED) is 0.437. The second-order valence-corrected chi connectivity index (χ2v) is 7.23. The lowest BCUT2D eigenvalue weighted by molar-refractivity contribution is -0.385. The van der Waals surface area contributed by atoms with Gasteiger partial charge in [-0.3, -0.25) is 15.1 Å². The number of nitro groups is 1. The molecule has 2 aromatic carbocycles. The van der Waals surface area contributed by atoms with Crippen molar-refractivity contribution in [1.82, 2.24) is 4.57 Å². The molecule has 0 amide bonds. The molecule has 2 heterocycles. The number of benzene rings is 2. The summed E-state index contributed by atoms with van der Waals surface area (Å²) in [5.41, 5.74) is 3.64. The molecule has 0 fully saturated rings. The summed E-state index contributed by atoms with van der Waals surface area (Å²) in [5.74, 6) is 0.533. The molecule has 1 aromatic heterocycles. The highest BCUT2D eigenvalue weighted by atomic mass is 79.9. The van der Waals surface area contributed by atoms with Crippen LogP contribution in [0.15, 0.2) is 64.3 Å². The van der Waals surface area contributed by atoms with Crippen LogP contribution in [0.4, 0.5) is 11.4 Å². The first-order valence-electron chi connectivity index (χ1n) is 8.55. The number of methoxy groups -OCH3 is 1. The minimum Gasteiger partial charge on any atom is -0.495 e. The van der Waals surface area contributed by atoms with E-state index < -0.39 is 4.92 Å². The minimum absolute atomic E-state index is 0.0203. The number of hydrogen-bond donors (Lipinski definition) is 0. The van der Waals surface area contributed by atoms with Crippen LogP contribution in [-0.4, -0.2) is 29.0 Å². The zero-order valence-electron chi connectivity index (χ0n) is 15.3. The normalized spacial score (nSPS) is 13.7. The summed E-state index contributed by atoms with van der Waals surface area (Å²) in [4.78, 5) is 17.4. The van der Waals surface area contributed by atoms with Gasteiger partial charge in [0.05, 0.1) is 27.9 Å². The van der Waals surface area contributed by atoms with E-state index in [1.165, 1.54) is 13.2 Å². The molecule has 7 nitrogen and oxygen atoms in total. The highest BCUT2D eigenvalue weighted by molar-refractivity contribution is 9.10. The maximum absolute atomic E-state index is 11.3. The standard InChI is InChI=1S/C20H17BrN4O3/c1-23-11-14(13-5-3-4-6-17(13)23)16-7-8-24(12-22-16)19-10-18(25(26)27)15(21)9-20(19)28-2/h3-11H,12H2,1-2H3. The van der Waals surface area contributed by atoms with Crippen LogP contribution in [-0.2, 0) is 7.05 Å². The van der Waals surface area contributed by atoms with Gasteiger partial charge in [0.1, 0.15) is 12.4 Å². The molecule has 28 heavy (non-hydrogen) atoms. The van der Waals surface area contributed by atoms with E-state index in [4.69, 9.17) is 9.73 Å². The summed E-state index contributed by atoms with van der Waals surface area (Å²) in [6.07, 6.45) is 5.85. The zero-order chi connectivity index (χ0) is 19.8. The Bertz CT molecular complexity index is 1150. The zero-order valence-corrected chi connectivity index (χ0v) is 16.9. The summed E-state index contributed by atoms with van der Waals surface area (Å²) in [5, 5.41) is 12.4. The van der Waals surface area contributed by atoms with E-state index in [0.717, 1.165) is 22.2 Å². The van der Waals surface area contributed by atoms with Gasteiger partial charge < -0.3 is 14.2 Å². The number of hydrogen-bond acceptors (Lipinski definition) is 5. The summed E-state index contributed by atoms with van der Waals surface area (Å²) in [6, 6.07) is 11.3. The Labute approximate surface area is 169 Å². The number of aliphatic imine (C=N–C) groups is 1. The number of ether oxygens (including phenoxy) is 1. The number of nitro benzene ring substituents is 1. The van der Waals surface area contributed by atoms with Gasteiger partial charge in [-0.05, 0) is 28.1 Å². The van der Waals surface area contributed by atoms with E-state index in [0.29, 0.717) is 22.6 Å². The van der Waals surface area contributed by atoms with Gasteiger partial charge in [-0.2, -0.15) is 0 Å². The van der Waals surface area contributed by atoms with Gasteiger partial charge in [0.25, 0.3) is 5.69 Å². The van der Waals surface area contributed by atoms with E-state index in [9.17, 15) is 10.1 Å². The van der Waals surface area contributed by atoms with Crippen LogP contribution < -0.4 is 9.64 Å². The van der Waals surface area contributed by atoms with Crippen molar-refractivity contribution in [3.8, 4) is 5.75 Å². The first-order chi connectivity index (χ1) is 13.5. The van der Waals surface area contributed by atoms with Gasteiger partial charge in [-0.1, -0.05) is 18.2 Å². The number of allylic oxidation sites excluding steroid dienone is 1. The summed E-state index contributed by atoms with van der Waals surface area (Å²) in [7, 11) is 3.55. The second kappa shape index (κ2) is 7.12. The van der Waals surface area contributed by atoms with Crippen molar-refractivity contribution in [3.63, 3.8) is 0 Å². The van der Waals surface area contributed by atoms with Crippen LogP contribution in [0.1, 0.15) is 5.56 Å². The number of anilines is 1. The fraction of sp³-hybridized carbons (Fsp3) is 0.150. The lowest BCUT2D eigenvalue weighted by atomic mass is 10.1. The Balaban J connectivity index is 1.69. The number of rotatable bonds is 4. The van der Waals surface area contributed by atoms with E-state index in [1.54, 1.807) is 6.07 Å². The van der Waals surface area contributed by atoms with E-state index >= 15 is 0 Å². The van der Waals surface area contributed by atoms with E-state index in [-0.39, 0.29) is 5.69 Å². The van der Waals surface area contributed by atoms with Gasteiger partial charge in [-0.15, -0.1) is 0 Å². The topological polar surface area (TPSA) is 72.9 Å². The molecule has 0 bridgehead atoms. The van der Waals surface area contributed by atoms with Crippen LogP contribution in [0, 0.1) is 10.1 Å². The van der Waals surface area contributed by atoms with Crippen LogP contribution >= 0.6 is 15.9 Å². The fourth-order valence-corrected chi connectivity index (χ4v) is 3.82. The molecule has 142 valence electrons. The maximum Gasteiger partial charge on any atom is 0.285 e. The number of fused-ring (bicyclic) bond motifs is 1. The molecule has 0 saturated heterocycles. The smallest absolute Gasteiger partial charge is 0.285 e. The number of halogens is 1. The number of aryl methyl sites for hydroxylation is 1. The molecule has 0 spiro atoms. The SMILES string of the molecule is COc1cc(Br)c([N+](=O)[O-])cc1N1C=CC(c2cn(C)c3ccccc23)=NC1. The predicted molar refractivity (Wildman–Crippen MR) is 113 cm³/mol. The molecule has 3 aromatic rings. The van der Waals surface area contributed by atoms with Crippen LogP contribution in [0.5, 0.6) is 5.75 Å². The second-order valence-electron chi connectivity index (χ2n) is 6.37. The van der Waals surface area contributed by atoms with Crippen LogP contribution in [0.2, 0.25) is 0 Å². The van der Waals surface area contributed by atoms with Crippen molar-refractivity contribution in [2.24, 2.45) is 12.0 Å². The molecule has 0 saturated carbocycles. The van der Waals surface area contributed by atoms with Crippen molar-refractivity contribution in [1.29, 1.82) is 0 Å². The van der Waals surface area contributed by atoms with Gasteiger partial charge in [0.15, 0.2) is 0 Å². The lowest BCUT2D eigenvalue weighted by Gasteiger charge is -2.24. The summed E-state index contributed by atoms with van der Waals surface area (Å²) in [6.45, 7) is 0.338. The Morgan fingerprint density at radius 3 is 2.75 bits per heavy atom. The lowest BCUT2D eigenvalue weighted by Crippen LogP contribution is -2.22. The molecule has 8 heteroatoms. The Kier molecular flexibility index (Phi) is 4.64. The van der Waals surface area contributed by atoms with Crippen molar-refractivity contribution >= 4 is 43.9 Å². The Hall–Kier alpha value is -3.13. The Morgan fingerprint density at radius 2 is 2.07 bits per heavy atom. The molecule has 0 aliphatic carbocycles. The van der Waals surface area contributed by atoms with Gasteiger partial charge in [0, 0.05) is 48.0 Å². The maximum atomic E-state index is 11.3. The molecule has 1 aliphatic heterocycles. The Morgan fingerprint density at radius 1 is 1.29 bits per heavy atom. The largest absolute Gasteiger partial charge is 0.495 e. The fourth-order valence-electron chi connectivity index (χ4n) is 3.35. The highest BCUT2D eigenvalue weighted by Crippen LogP contribution is 2.38. The first kappa shape index (κ1) is 18.2. The van der Waals surface area contributed by atoms with Gasteiger partial charge in [0.2, 0.25) is 0 Å². The molecule has 1 aliphatic rings. The average Bonchev–Trinajstić information content (AvgIpc) is 3.04. The highest BCUT2D eigenvalue weighted by Gasteiger charge is 2.22. The summed E-state index contributed by atoms with van der Waals surface area (Å²) >= 11 is 3.22. The van der Waals surface area contributed by atoms with E-state index in [1.807, 2.05) is 36.4 Å². The monoisotopic (exact) mass is 440 g/mol. The average molecular weight is 441 g/mol. The van der Waals surface area contributed by atoms with Crippen molar-refractivity contribution in [2.75, 3.05) is 18.7 Å². The molecule has 0 atom stereocenters. The third kappa shape index (κ3) is 3.05. The van der Waals surface area contributed by atoms with Crippen LogP contribution in [0.25, 0.3) is 10.9 Å². The van der Waals surface area contributed by atoms with Gasteiger partial charge in [-0.25, -0.2) is 0 Å². The molecular formula is C20H17BrN4O3. The van der Waals surface area contributed by atoms with Crippen molar-refractivity contribution in [3.05, 3.63) is 75.0 Å². The first-order valence-corrected chi connectivity index (χ1v) is 9.34. The number of para-hydroxylation sites is 1. The molecular weight excluding hydrogens is 424 g/mol. The van der Waals surface area contributed by atoms with Crippen molar-refractivity contribution < 1.29 is 9.66 Å².